The molecular weight excluding hydrogens is 261 g/mol. The van der Waals surface area contributed by atoms with Crippen LogP contribution in [-0.4, -0.2) is 30.4 Å². The molecule has 0 aliphatic carbocycles. The van der Waals surface area contributed by atoms with E-state index in [4.69, 9.17) is 9.47 Å². The Labute approximate surface area is 117 Å². The molecule has 0 atom stereocenters. The van der Waals surface area contributed by atoms with Crippen molar-refractivity contribution in [3.8, 4) is 5.75 Å². The molecule has 0 fully saturated rings. The fraction of sp³-hybridized carbons (Fsp3) is 0.357. The maximum atomic E-state index is 13.6. The maximum Gasteiger partial charge on any atom is 0.207 e. The third-order valence-corrected chi connectivity index (χ3v) is 2.84. The van der Waals surface area contributed by atoms with E-state index >= 15 is 0 Å². The summed E-state index contributed by atoms with van der Waals surface area (Å²) in [6.45, 7) is 3.17. The first kappa shape index (κ1) is 14.3. The van der Waals surface area contributed by atoms with Crippen molar-refractivity contribution in [2.75, 3.05) is 26.1 Å². The molecule has 0 saturated heterocycles. The van der Waals surface area contributed by atoms with Gasteiger partial charge in [0, 0.05) is 31.6 Å². The largest absolute Gasteiger partial charge is 0.494 e. The summed E-state index contributed by atoms with van der Waals surface area (Å²) < 4.78 is 25.5. The Morgan fingerprint density at radius 1 is 1.35 bits per heavy atom. The van der Waals surface area contributed by atoms with Crippen molar-refractivity contribution < 1.29 is 13.9 Å². The number of benzene rings is 1. The Bertz CT molecular complexity index is 584. The van der Waals surface area contributed by atoms with Crippen molar-refractivity contribution in [1.82, 2.24) is 9.55 Å². The Balaban J connectivity index is 2.18. The molecule has 20 heavy (non-hydrogen) atoms. The van der Waals surface area contributed by atoms with Crippen LogP contribution in [-0.2, 0) is 11.3 Å². The monoisotopic (exact) mass is 279 g/mol. The number of hydrogen-bond donors (Lipinski definition) is 1. The van der Waals surface area contributed by atoms with E-state index in [1.165, 1.54) is 13.2 Å². The number of ether oxygens (including phenoxy) is 2. The molecule has 2 aromatic rings. The van der Waals surface area contributed by atoms with Crippen LogP contribution in [0.5, 0.6) is 5.75 Å². The summed E-state index contributed by atoms with van der Waals surface area (Å²) in [5.41, 5.74) is 1.50. The molecular formula is C14H18FN3O2. The minimum Gasteiger partial charge on any atom is -0.494 e. The average molecular weight is 279 g/mol. The van der Waals surface area contributed by atoms with Gasteiger partial charge in [-0.3, -0.25) is 0 Å². The fourth-order valence-corrected chi connectivity index (χ4v) is 1.88. The Morgan fingerprint density at radius 2 is 2.15 bits per heavy atom. The van der Waals surface area contributed by atoms with Crippen molar-refractivity contribution in [3.63, 3.8) is 0 Å². The molecule has 1 N–H and O–H groups in total. The first-order valence-electron chi connectivity index (χ1n) is 6.27. The molecule has 1 aromatic carbocycles. The quantitative estimate of drug-likeness (QED) is 0.883. The van der Waals surface area contributed by atoms with Crippen molar-refractivity contribution in [3.05, 3.63) is 35.9 Å². The second-order valence-electron chi connectivity index (χ2n) is 4.37. The maximum absolute atomic E-state index is 13.6. The van der Waals surface area contributed by atoms with Crippen LogP contribution in [0.3, 0.4) is 0 Å². The molecule has 6 heteroatoms. The highest BCUT2D eigenvalue weighted by Crippen LogP contribution is 2.23. The Kier molecular flexibility index (Phi) is 4.57. The van der Waals surface area contributed by atoms with Gasteiger partial charge < -0.3 is 19.4 Å². The molecule has 5 nitrogen and oxygen atoms in total. The van der Waals surface area contributed by atoms with Gasteiger partial charge in [0.15, 0.2) is 11.6 Å². The molecule has 0 radical (unpaired) electrons. The number of methoxy groups -OCH3 is 2. The van der Waals surface area contributed by atoms with Crippen LogP contribution in [0.25, 0.3) is 0 Å². The number of aryl methyl sites for hydroxylation is 1. The Hall–Kier alpha value is -2.08. The van der Waals surface area contributed by atoms with Gasteiger partial charge in [-0.2, -0.15) is 0 Å². The molecule has 1 heterocycles. The molecule has 0 saturated carbocycles. The predicted molar refractivity (Wildman–Crippen MR) is 75.1 cm³/mol. The molecule has 0 amide bonds. The zero-order chi connectivity index (χ0) is 14.5. The van der Waals surface area contributed by atoms with E-state index in [1.54, 1.807) is 19.2 Å². The van der Waals surface area contributed by atoms with Crippen molar-refractivity contribution in [1.29, 1.82) is 0 Å². The van der Waals surface area contributed by atoms with Gasteiger partial charge in [-0.15, -0.1) is 0 Å². The van der Waals surface area contributed by atoms with Crippen LogP contribution in [0.15, 0.2) is 24.4 Å². The van der Waals surface area contributed by atoms with Crippen LogP contribution in [0.1, 0.15) is 5.69 Å². The van der Waals surface area contributed by atoms with E-state index in [-0.39, 0.29) is 5.75 Å². The first-order valence-corrected chi connectivity index (χ1v) is 6.27. The second kappa shape index (κ2) is 6.38. The predicted octanol–water partition coefficient (Wildman–Crippen LogP) is 2.73. The van der Waals surface area contributed by atoms with Crippen LogP contribution in [0.2, 0.25) is 0 Å². The zero-order valence-corrected chi connectivity index (χ0v) is 11.8. The van der Waals surface area contributed by atoms with E-state index in [1.807, 2.05) is 17.7 Å². The summed E-state index contributed by atoms with van der Waals surface area (Å²) in [6, 6.07) is 4.70. The minimum atomic E-state index is -0.413. The molecule has 0 unspecified atom stereocenters. The van der Waals surface area contributed by atoms with E-state index in [2.05, 4.69) is 10.3 Å². The number of halogens is 1. The van der Waals surface area contributed by atoms with E-state index in [0.29, 0.717) is 24.8 Å². The number of aromatic nitrogens is 2. The topological polar surface area (TPSA) is 48.3 Å². The van der Waals surface area contributed by atoms with Gasteiger partial charge >= 0.3 is 0 Å². The molecule has 0 aliphatic rings. The number of hydrogen-bond acceptors (Lipinski definition) is 4. The number of nitrogens with zero attached hydrogens (tertiary/aromatic N) is 2. The van der Waals surface area contributed by atoms with E-state index < -0.39 is 5.82 Å². The third-order valence-electron chi connectivity index (χ3n) is 2.84. The molecule has 2 rings (SSSR count). The normalized spacial score (nSPS) is 10.6. The summed E-state index contributed by atoms with van der Waals surface area (Å²) in [7, 11) is 3.09. The SMILES string of the molecule is COCCn1cc(C)nc1Nc1ccc(OC)c(F)c1. The summed E-state index contributed by atoms with van der Waals surface area (Å²) in [4.78, 5) is 4.37. The summed E-state index contributed by atoms with van der Waals surface area (Å²) in [6.07, 6.45) is 1.92. The van der Waals surface area contributed by atoms with Gasteiger partial charge in [0.05, 0.1) is 19.4 Å². The highest BCUT2D eigenvalue weighted by Gasteiger charge is 2.08. The highest BCUT2D eigenvalue weighted by atomic mass is 19.1. The van der Waals surface area contributed by atoms with Crippen LogP contribution >= 0.6 is 0 Å². The lowest BCUT2D eigenvalue weighted by Gasteiger charge is -2.10. The van der Waals surface area contributed by atoms with Gasteiger partial charge in [0.1, 0.15) is 0 Å². The third kappa shape index (κ3) is 3.27. The van der Waals surface area contributed by atoms with Crippen molar-refractivity contribution >= 4 is 11.6 Å². The zero-order valence-electron chi connectivity index (χ0n) is 11.8. The lowest BCUT2D eigenvalue weighted by Crippen LogP contribution is -2.07. The van der Waals surface area contributed by atoms with Gasteiger partial charge in [-0.25, -0.2) is 9.37 Å². The van der Waals surface area contributed by atoms with Crippen LogP contribution in [0, 0.1) is 12.7 Å². The van der Waals surface area contributed by atoms with Gasteiger partial charge in [-0.1, -0.05) is 0 Å². The summed E-state index contributed by atoms with van der Waals surface area (Å²) in [5.74, 6) is 0.461. The van der Waals surface area contributed by atoms with Crippen molar-refractivity contribution in [2.45, 2.75) is 13.5 Å². The summed E-state index contributed by atoms with van der Waals surface area (Å²) >= 11 is 0. The fourth-order valence-electron chi connectivity index (χ4n) is 1.88. The van der Waals surface area contributed by atoms with Crippen molar-refractivity contribution in [2.24, 2.45) is 0 Å². The van der Waals surface area contributed by atoms with Gasteiger partial charge in [0.2, 0.25) is 5.95 Å². The molecule has 108 valence electrons. The minimum absolute atomic E-state index is 0.217. The van der Waals surface area contributed by atoms with Crippen LogP contribution in [0.4, 0.5) is 16.0 Å². The standard InChI is InChI=1S/C14H18FN3O2/c1-10-9-18(6-7-19-2)14(16-10)17-11-4-5-13(20-3)12(15)8-11/h4-5,8-9H,6-7H2,1-3H3,(H,16,17). The first-order chi connectivity index (χ1) is 9.63. The van der Waals surface area contributed by atoms with Crippen LogP contribution < -0.4 is 10.1 Å². The summed E-state index contributed by atoms with van der Waals surface area (Å²) in [5, 5.41) is 3.10. The molecule has 0 spiro atoms. The smallest absolute Gasteiger partial charge is 0.207 e. The van der Waals surface area contributed by atoms with E-state index in [9.17, 15) is 4.39 Å². The number of imidazole rings is 1. The lowest BCUT2D eigenvalue weighted by molar-refractivity contribution is 0.188. The molecule has 0 aliphatic heterocycles. The molecule has 0 bridgehead atoms. The average Bonchev–Trinajstić information content (AvgIpc) is 2.76. The van der Waals surface area contributed by atoms with Gasteiger partial charge in [0.25, 0.3) is 0 Å². The highest BCUT2D eigenvalue weighted by molar-refractivity contribution is 5.55. The number of nitrogens with one attached hydrogen (secondary N) is 1. The van der Waals surface area contributed by atoms with Gasteiger partial charge in [-0.05, 0) is 19.1 Å². The van der Waals surface area contributed by atoms with E-state index in [0.717, 1.165) is 5.69 Å². The lowest BCUT2D eigenvalue weighted by atomic mass is 10.3. The molecule has 1 aromatic heterocycles. The second-order valence-corrected chi connectivity index (χ2v) is 4.37. The number of rotatable bonds is 6. The number of anilines is 2. The Morgan fingerprint density at radius 3 is 2.80 bits per heavy atom.